The number of fused-ring (bicyclic) bond motifs is 2. The van der Waals surface area contributed by atoms with E-state index in [1.165, 1.54) is 36.4 Å². The molecule has 1 spiro atoms. The standard InChI is InChI=1S/C19H15FN2O6S/c1-28-17(24)15-16(23)21-18(25)19(15)13-4-2-3-5-14(13)29(26,27)22(19)10-11-6-8-12(20)9-7-11/h2-9,15H,10H2,1H3,(H,21,23,25). The van der Waals surface area contributed by atoms with Crippen LogP contribution in [0.1, 0.15) is 11.1 Å². The maximum absolute atomic E-state index is 13.3. The van der Waals surface area contributed by atoms with Crippen molar-refractivity contribution >= 4 is 27.8 Å². The molecule has 4 rings (SSSR count). The first-order valence-corrected chi connectivity index (χ1v) is 9.98. The lowest BCUT2D eigenvalue weighted by Gasteiger charge is -2.34. The third-order valence-electron chi connectivity index (χ3n) is 5.20. The second kappa shape index (κ2) is 6.46. The van der Waals surface area contributed by atoms with Crippen LogP contribution in [-0.4, -0.2) is 37.6 Å². The van der Waals surface area contributed by atoms with Crippen LogP contribution in [0.3, 0.4) is 0 Å². The summed E-state index contributed by atoms with van der Waals surface area (Å²) in [5.74, 6) is -5.16. The molecule has 2 aromatic rings. The van der Waals surface area contributed by atoms with Gasteiger partial charge in [0.05, 0.1) is 12.0 Å². The smallest absolute Gasteiger partial charge is 0.321 e. The Labute approximate surface area is 165 Å². The summed E-state index contributed by atoms with van der Waals surface area (Å²) >= 11 is 0. The maximum atomic E-state index is 13.3. The van der Waals surface area contributed by atoms with Crippen LogP contribution < -0.4 is 5.32 Å². The molecular weight excluding hydrogens is 403 g/mol. The van der Waals surface area contributed by atoms with Gasteiger partial charge in [-0.1, -0.05) is 30.3 Å². The minimum absolute atomic E-state index is 0.0147. The molecule has 1 N–H and O–H groups in total. The molecule has 2 aliphatic heterocycles. The lowest BCUT2D eigenvalue weighted by molar-refractivity contribution is -0.154. The van der Waals surface area contributed by atoms with Gasteiger partial charge in [-0.25, -0.2) is 12.8 Å². The highest BCUT2D eigenvalue weighted by molar-refractivity contribution is 7.89. The van der Waals surface area contributed by atoms with E-state index in [0.717, 1.165) is 23.5 Å². The Bertz CT molecular complexity index is 1150. The summed E-state index contributed by atoms with van der Waals surface area (Å²) in [7, 11) is -3.21. The average molecular weight is 418 g/mol. The van der Waals surface area contributed by atoms with Crippen molar-refractivity contribution in [1.29, 1.82) is 0 Å². The Kier molecular flexibility index (Phi) is 4.28. The van der Waals surface area contributed by atoms with Gasteiger partial charge < -0.3 is 4.74 Å². The molecule has 1 saturated heterocycles. The van der Waals surface area contributed by atoms with Gasteiger partial charge in [-0.05, 0) is 23.8 Å². The fraction of sp³-hybridized carbons (Fsp3) is 0.211. The summed E-state index contributed by atoms with van der Waals surface area (Å²) < 4.78 is 45.5. The number of hydrogen-bond acceptors (Lipinski definition) is 6. The summed E-state index contributed by atoms with van der Waals surface area (Å²) in [6.07, 6.45) is 0. The fourth-order valence-corrected chi connectivity index (χ4v) is 5.92. The minimum Gasteiger partial charge on any atom is -0.468 e. The molecule has 29 heavy (non-hydrogen) atoms. The van der Waals surface area contributed by atoms with E-state index in [1.807, 2.05) is 0 Å². The number of esters is 1. The summed E-state index contributed by atoms with van der Waals surface area (Å²) in [5, 5.41) is 2.07. The second-order valence-electron chi connectivity index (χ2n) is 6.68. The molecule has 2 aromatic carbocycles. The largest absolute Gasteiger partial charge is 0.468 e. The van der Waals surface area contributed by atoms with Crippen molar-refractivity contribution in [2.75, 3.05) is 7.11 Å². The summed E-state index contributed by atoms with van der Waals surface area (Å²) in [6.45, 7) is -0.356. The van der Waals surface area contributed by atoms with Crippen LogP contribution >= 0.6 is 0 Å². The molecule has 0 aliphatic carbocycles. The van der Waals surface area contributed by atoms with Gasteiger partial charge >= 0.3 is 5.97 Å². The number of methoxy groups -OCH3 is 1. The number of imide groups is 1. The number of sulfonamides is 1. The number of carbonyl (C=O) groups is 3. The highest BCUT2D eigenvalue weighted by Crippen LogP contribution is 2.52. The van der Waals surface area contributed by atoms with Crippen molar-refractivity contribution in [1.82, 2.24) is 9.62 Å². The number of rotatable bonds is 3. The molecule has 2 amide bonds. The second-order valence-corrected chi connectivity index (χ2v) is 8.51. The molecule has 10 heteroatoms. The molecule has 8 nitrogen and oxygen atoms in total. The third kappa shape index (κ3) is 2.52. The summed E-state index contributed by atoms with van der Waals surface area (Å²) in [6, 6.07) is 10.7. The van der Waals surface area contributed by atoms with Gasteiger partial charge in [-0.3, -0.25) is 19.7 Å². The van der Waals surface area contributed by atoms with E-state index >= 15 is 0 Å². The van der Waals surface area contributed by atoms with Gasteiger partial charge in [0.1, 0.15) is 5.82 Å². The van der Waals surface area contributed by atoms with Gasteiger partial charge in [0, 0.05) is 12.1 Å². The normalized spacial score (nSPS) is 25.1. The van der Waals surface area contributed by atoms with Gasteiger partial charge in [0.15, 0.2) is 11.5 Å². The highest BCUT2D eigenvalue weighted by atomic mass is 32.2. The molecule has 150 valence electrons. The Morgan fingerprint density at radius 3 is 2.48 bits per heavy atom. The van der Waals surface area contributed by atoms with E-state index in [0.29, 0.717) is 5.56 Å². The SMILES string of the molecule is COC(=O)C1C(=O)NC(=O)C12c1ccccc1S(=O)(=O)N2Cc1ccc(F)cc1. The van der Waals surface area contributed by atoms with Gasteiger partial charge in [-0.2, -0.15) is 4.31 Å². The lowest BCUT2D eigenvalue weighted by atomic mass is 9.79. The van der Waals surface area contributed by atoms with Crippen molar-refractivity contribution in [3.05, 3.63) is 65.5 Å². The van der Waals surface area contributed by atoms with Crippen LogP contribution in [0.25, 0.3) is 0 Å². The lowest BCUT2D eigenvalue weighted by Crippen LogP contribution is -2.54. The van der Waals surface area contributed by atoms with Crippen LogP contribution in [0.2, 0.25) is 0 Å². The molecule has 2 unspecified atom stereocenters. The first kappa shape index (κ1) is 19.2. The monoisotopic (exact) mass is 418 g/mol. The number of benzene rings is 2. The van der Waals surface area contributed by atoms with Crippen LogP contribution in [0.15, 0.2) is 53.4 Å². The first-order chi connectivity index (χ1) is 13.7. The predicted octanol–water partition coefficient (Wildman–Crippen LogP) is 0.671. The average Bonchev–Trinajstić information content (AvgIpc) is 3.07. The Morgan fingerprint density at radius 1 is 1.17 bits per heavy atom. The maximum Gasteiger partial charge on any atom is 0.321 e. The highest BCUT2D eigenvalue weighted by Gasteiger charge is 2.70. The van der Waals surface area contributed by atoms with E-state index in [9.17, 15) is 27.2 Å². The van der Waals surface area contributed by atoms with Crippen LogP contribution in [0, 0.1) is 11.7 Å². The molecule has 0 aromatic heterocycles. The van der Waals surface area contributed by atoms with Crippen molar-refractivity contribution in [3.63, 3.8) is 0 Å². The fourth-order valence-electron chi connectivity index (χ4n) is 3.95. The number of nitrogens with zero attached hydrogens (tertiary/aromatic N) is 1. The Morgan fingerprint density at radius 2 is 1.83 bits per heavy atom. The molecule has 2 heterocycles. The number of carbonyl (C=O) groups excluding carboxylic acids is 3. The van der Waals surface area contributed by atoms with Crippen LogP contribution in [-0.2, 0) is 41.2 Å². The molecule has 0 radical (unpaired) electrons. The zero-order chi connectivity index (χ0) is 21.0. The van der Waals surface area contributed by atoms with Crippen molar-refractivity contribution in [3.8, 4) is 0 Å². The number of hydrogen-bond donors (Lipinski definition) is 1. The van der Waals surface area contributed by atoms with Crippen LogP contribution in [0.5, 0.6) is 0 Å². The molecule has 1 fully saturated rings. The molecule has 0 bridgehead atoms. The topological polar surface area (TPSA) is 110 Å². The van der Waals surface area contributed by atoms with E-state index < -0.39 is 45.1 Å². The number of halogens is 1. The van der Waals surface area contributed by atoms with Crippen LogP contribution in [0.4, 0.5) is 4.39 Å². The molecule has 2 atom stereocenters. The third-order valence-corrected chi connectivity index (χ3v) is 7.11. The number of ether oxygens (including phenoxy) is 1. The summed E-state index contributed by atoms with van der Waals surface area (Å²) in [5.41, 5.74) is -1.74. The zero-order valence-electron chi connectivity index (χ0n) is 15.1. The van der Waals surface area contributed by atoms with Gasteiger partial charge in [-0.15, -0.1) is 0 Å². The van der Waals surface area contributed by atoms with Crippen molar-refractivity contribution in [2.45, 2.75) is 17.0 Å². The molecule has 2 aliphatic rings. The Balaban J connectivity index is 1.99. The summed E-state index contributed by atoms with van der Waals surface area (Å²) in [4.78, 5) is 37.9. The van der Waals surface area contributed by atoms with Gasteiger partial charge in [0.25, 0.3) is 5.91 Å². The number of amides is 2. The molecule has 0 saturated carbocycles. The predicted molar refractivity (Wildman–Crippen MR) is 95.9 cm³/mol. The minimum atomic E-state index is -4.26. The molecular formula is C19H15FN2O6S. The van der Waals surface area contributed by atoms with E-state index in [4.69, 9.17) is 4.74 Å². The quantitative estimate of drug-likeness (QED) is 0.446. The van der Waals surface area contributed by atoms with E-state index in [-0.39, 0.29) is 17.0 Å². The zero-order valence-corrected chi connectivity index (χ0v) is 15.9. The van der Waals surface area contributed by atoms with E-state index in [1.54, 1.807) is 0 Å². The van der Waals surface area contributed by atoms with Crippen molar-refractivity contribution in [2.24, 2.45) is 5.92 Å². The first-order valence-electron chi connectivity index (χ1n) is 8.54. The van der Waals surface area contributed by atoms with E-state index in [2.05, 4.69) is 5.32 Å². The number of nitrogens with one attached hydrogen (secondary N) is 1. The van der Waals surface area contributed by atoms with Gasteiger partial charge in [0.2, 0.25) is 15.9 Å². The van der Waals surface area contributed by atoms with Crippen molar-refractivity contribution < 1.29 is 31.9 Å². The Hall–Kier alpha value is -3.11.